The second-order valence-corrected chi connectivity index (χ2v) is 4.94. The van der Waals surface area contributed by atoms with Gasteiger partial charge in [0.25, 0.3) is 0 Å². The SMILES string of the molecule is COc1ccc2c(c1)[C@@H]1CCC[C@]1(C)N2. The first-order valence-electron chi connectivity index (χ1n) is 5.69. The van der Waals surface area contributed by atoms with Crippen LogP contribution in [-0.4, -0.2) is 12.6 Å². The molecule has 1 aromatic rings. The molecule has 2 nitrogen and oxygen atoms in total. The summed E-state index contributed by atoms with van der Waals surface area (Å²) in [5.41, 5.74) is 3.06. The molecule has 1 fully saturated rings. The lowest BCUT2D eigenvalue weighted by atomic mass is 9.88. The first-order chi connectivity index (χ1) is 7.23. The molecule has 0 saturated heterocycles. The summed E-state index contributed by atoms with van der Waals surface area (Å²) in [5, 5.41) is 3.67. The fourth-order valence-corrected chi connectivity index (χ4v) is 3.19. The number of methoxy groups -OCH3 is 1. The number of hydrogen-bond donors (Lipinski definition) is 1. The summed E-state index contributed by atoms with van der Waals surface area (Å²) in [6.45, 7) is 2.34. The van der Waals surface area contributed by atoms with E-state index < -0.39 is 0 Å². The van der Waals surface area contributed by atoms with Crippen molar-refractivity contribution in [2.75, 3.05) is 12.4 Å². The van der Waals surface area contributed by atoms with Gasteiger partial charge in [0.2, 0.25) is 0 Å². The molecule has 1 aliphatic carbocycles. The van der Waals surface area contributed by atoms with Gasteiger partial charge in [-0.25, -0.2) is 0 Å². The van der Waals surface area contributed by atoms with Gasteiger partial charge in [0.15, 0.2) is 0 Å². The summed E-state index contributed by atoms with van der Waals surface area (Å²) in [7, 11) is 1.73. The molecule has 0 unspecified atom stereocenters. The van der Waals surface area contributed by atoms with Gasteiger partial charge in [0.1, 0.15) is 5.75 Å². The molecule has 0 radical (unpaired) electrons. The van der Waals surface area contributed by atoms with Gasteiger partial charge in [-0.1, -0.05) is 6.42 Å². The highest BCUT2D eigenvalue weighted by Crippen LogP contribution is 2.52. The van der Waals surface area contributed by atoms with Crippen LogP contribution in [0.3, 0.4) is 0 Å². The minimum Gasteiger partial charge on any atom is -0.497 e. The predicted octanol–water partition coefficient (Wildman–Crippen LogP) is 3.15. The number of ether oxygens (including phenoxy) is 1. The molecule has 0 aromatic heterocycles. The van der Waals surface area contributed by atoms with Crippen LogP contribution in [0.25, 0.3) is 0 Å². The highest BCUT2D eigenvalue weighted by molar-refractivity contribution is 5.64. The van der Waals surface area contributed by atoms with Crippen LogP contribution in [0.1, 0.15) is 37.7 Å². The van der Waals surface area contributed by atoms with Gasteiger partial charge in [-0.3, -0.25) is 0 Å². The fraction of sp³-hybridized carbons (Fsp3) is 0.538. The molecule has 2 heteroatoms. The van der Waals surface area contributed by atoms with Gasteiger partial charge in [-0.2, -0.15) is 0 Å². The zero-order chi connectivity index (χ0) is 10.5. The minimum absolute atomic E-state index is 0.300. The second-order valence-electron chi connectivity index (χ2n) is 4.94. The molecule has 2 aliphatic rings. The Balaban J connectivity index is 2.07. The third-order valence-corrected chi connectivity index (χ3v) is 4.01. The van der Waals surface area contributed by atoms with Crippen LogP contribution >= 0.6 is 0 Å². The maximum absolute atomic E-state index is 5.29. The van der Waals surface area contributed by atoms with Gasteiger partial charge in [-0.05, 0) is 43.5 Å². The monoisotopic (exact) mass is 203 g/mol. The molecule has 15 heavy (non-hydrogen) atoms. The molecule has 0 spiro atoms. The molecule has 0 bridgehead atoms. The van der Waals surface area contributed by atoms with Gasteiger partial charge >= 0.3 is 0 Å². The lowest BCUT2D eigenvalue weighted by molar-refractivity contribution is 0.413. The van der Waals surface area contributed by atoms with E-state index in [1.165, 1.54) is 30.5 Å². The van der Waals surface area contributed by atoms with Gasteiger partial charge in [0, 0.05) is 17.1 Å². The van der Waals surface area contributed by atoms with Crippen molar-refractivity contribution in [1.82, 2.24) is 0 Å². The summed E-state index contributed by atoms with van der Waals surface area (Å²) in [6, 6.07) is 6.39. The minimum atomic E-state index is 0.300. The summed E-state index contributed by atoms with van der Waals surface area (Å²) in [6.07, 6.45) is 3.93. The zero-order valence-corrected chi connectivity index (χ0v) is 9.34. The molecule has 80 valence electrons. The standard InChI is InChI=1S/C13H17NO/c1-13-7-3-4-11(13)10-8-9(15-2)5-6-12(10)14-13/h5-6,8,11,14H,3-4,7H2,1-2H3/t11-,13-/m0/s1. The number of nitrogens with one attached hydrogen (secondary N) is 1. The van der Waals surface area contributed by atoms with Crippen molar-refractivity contribution in [3.05, 3.63) is 23.8 Å². The van der Waals surface area contributed by atoms with Crippen molar-refractivity contribution in [3.63, 3.8) is 0 Å². The fourth-order valence-electron chi connectivity index (χ4n) is 3.19. The quantitative estimate of drug-likeness (QED) is 0.757. The maximum Gasteiger partial charge on any atom is 0.119 e. The van der Waals surface area contributed by atoms with E-state index in [1.54, 1.807) is 7.11 Å². The van der Waals surface area contributed by atoms with E-state index in [0.717, 1.165) is 5.75 Å². The Morgan fingerprint density at radius 2 is 2.33 bits per heavy atom. The summed E-state index contributed by atoms with van der Waals surface area (Å²) in [5.74, 6) is 1.66. The zero-order valence-electron chi connectivity index (χ0n) is 9.34. The van der Waals surface area contributed by atoms with Crippen molar-refractivity contribution in [2.24, 2.45) is 0 Å². The third kappa shape index (κ3) is 1.17. The van der Waals surface area contributed by atoms with Crippen molar-refractivity contribution >= 4 is 5.69 Å². The van der Waals surface area contributed by atoms with Crippen molar-refractivity contribution < 1.29 is 4.74 Å². The largest absolute Gasteiger partial charge is 0.497 e. The van der Waals surface area contributed by atoms with E-state index >= 15 is 0 Å². The normalized spacial score (nSPS) is 32.0. The summed E-state index contributed by atoms with van der Waals surface area (Å²) in [4.78, 5) is 0. The molecular formula is C13H17NO. The van der Waals surface area contributed by atoms with Crippen molar-refractivity contribution in [3.8, 4) is 5.75 Å². The number of benzene rings is 1. The Kier molecular flexibility index (Phi) is 1.76. The molecule has 1 aromatic carbocycles. The Bertz CT molecular complexity index is 402. The van der Waals surface area contributed by atoms with E-state index in [0.29, 0.717) is 11.5 Å². The van der Waals surface area contributed by atoms with E-state index in [4.69, 9.17) is 4.74 Å². The lowest BCUT2D eigenvalue weighted by Gasteiger charge is -2.24. The van der Waals surface area contributed by atoms with Crippen LogP contribution in [0.4, 0.5) is 5.69 Å². The van der Waals surface area contributed by atoms with Crippen molar-refractivity contribution in [1.29, 1.82) is 0 Å². The molecule has 3 rings (SSSR count). The van der Waals surface area contributed by atoms with Crippen LogP contribution in [-0.2, 0) is 0 Å². The Morgan fingerprint density at radius 1 is 1.47 bits per heavy atom. The number of fused-ring (bicyclic) bond motifs is 3. The smallest absolute Gasteiger partial charge is 0.119 e. The maximum atomic E-state index is 5.29. The third-order valence-electron chi connectivity index (χ3n) is 4.01. The first-order valence-corrected chi connectivity index (χ1v) is 5.69. The predicted molar refractivity (Wildman–Crippen MR) is 61.6 cm³/mol. The average molecular weight is 203 g/mol. The molecule has 1 aliphatic heterocycles. The van der Waals surface area contributed by atoms with E-state index in [2.05, 4.69) is 24.4 Å². The van der Waals surface area contributed by atoms with Gasteiger partial charge in [-0.15, -0.1) is 0 Å². The first kappa shape index (κ1) is 9.08. The van der Waals surface area contributed by atoms with Crippen LogP contribution in [0.15, 0.2) is 18.2 Å². The summed E-state index contributed by atoms with van der Waals surface area (Å²) >= 11 is 0. The Labute approximate surface area is 90.6 Å². The van der Waals surface area contributed by atoms with E-state index in [9.17, 15) is 0 Å². The van der Waals surface area contributed by atoms with Crippen molar-refractivity contribution in [2.45, 2.75) is 37.6 Å². The molecular weight excluding hydrogens is 186 g/mol. The van der Waals surface area contributed by atoms with Crippen LogP contribution in [0.2, 0.25) is 0 Å². The van der Waals surface area contributed by atoms with Crippen LogP contribution < -0.4 is 10.1 Å². The number of rotatable bonds is 1. The van der Waals surface area contributed by atoms with E-state index in [-0.39, 0.29) is 0 Å². The molecule has 0 amide bonds. The highest BCUT2D eigenvalue weighted by Gasteiger charge is 2.45. The molecule has 1 saturated carbocycles. The molecule has 1 N–H and O–H groups in total. The van der Waals surface area contributed by atoms with Gasteiger partial charge < -0.3 is 10.1 Å². The molecule has 1 heterocycles. The van der Waals surface area contributed by atoms with Gasteiger partial charge in [0.05, 0.1) is 7.11 Å². The number of hydrogen-bond acceptors (Lipinski definition) is 2. The summed E-state index contributed by atoms with van der Waals surface area (Å²) < 4.78 is 5.29. The Morgan fingerprint density at radius 3 is 3.13 bits per heavy atom. The molecule has 2 atom stereocenters. The van der Waals surface area contributed by atoms with Crippen LogP contribution in [0, 0.1) is 0 Å². The average Bonchev–Trinajstić information content (AvgIpc) is 2.71. The Hall–Kier alpha value is -1.18. The topological polar surface area (TPSA) is 21.3 Å². The van der Waals surface area contributed by atoms with E-state index in [1.807, 2.05) is 6.07 Å². The van der Waals surface area contributed by atoms with Crippen LogP contribution in [0.5, 0.6) is 5.75 Å². The lowest BCUT2D eigenvalue weighted by Crippen LogP contribution is -2.31. The second kappa shape index (κ2) is 2.91. The highest BCUT2D eigenvalue weighted by atomic mass is 16.5. The number of anilines is 1.